The Morgan fingerprint density at radius 2 is 2.21 bits per heavy atom. The van der Waals surface area contributed by atoms with Gasteiger partial charge in [0.15, 0.2) is 0 Å². The minimum Gasteiger partial charge on any atom is -0.480 e. The Morgan fingerprint density at radius 3 is 2.74 bits per heavy atom. The van der Waals surface area contributed by atoms with E-state index in [9.17, 15) is 14.9 Å². The first kappa shape index (κ1) is 14.0. The highest BCUT2D eigenvalue weighted by Crippen LogP contribution is 2.28. The Hall–Kier alpha value is -1.47. The first-order chi connectivity index (χ1) is 9.06. The third kappa shape index (κ3) is 3.74. The van der Waals surface area contributed by atoms with E-state index in [2.05, 4.69) is 0 Å². The number of nitrogens with zero attached hydrogens (tertiary/aromatic N) is 2. The molecule has 0 bridgehead atoms. The SMILES string of the molecule is O=C(O)CN(Cc1csc([N+](=O)[O-])c1)C1CCCC1. The van der Waals surface area contributed by atoms with Crippen molar-refractivity contribution >= 4 is 22.3 Å². The lowest BCUT2D eigenvalue weighted by molar-refractivity contribution is -0.380. The smallest absolute Gasteiger partial charge is 0.324 e. The van der Waals surface area contributed by atoms with Gasteiger partial charge in [-0.25, -0.2) is 0 Å². The van der Waals surface area contributed by atoms with Gasteiger partial charge in [0.25, 0.3) is 0 Å². The molecule has 0 spiro atoms. The van der Waals surface area contributed by atoms with E-state index in [1.807, 2.05) is 4.90 Å². The van der Waals surface area contributed by atoms with Crippen LogP contribution in [0.5, 0.6) is 0 Å². The highest BCUT2D eigenvalue weighted by molar-refractivity contribution is 7.13. The topological polar surface area (TPSA) is 83.7 Å². The minimum absolute atomic E-state index is 0.00564. The van der Waals surface area contributed by atoms with Gasteiger partial charge in [0.2, 0.25) is 0 Å². The number of nitro groups is 1. The van der Waals surface area contributed by atoms with E-state index in [-0.39, 0.29) is 17.6 Å². The lowest BCUT2D eigenvalue weighted by Gasteiger charge is -2.26. The fourth-order valence-electron chi connectivity index (χ4n) is 2.53. The molecule has 1 aliphatic rings. The number of rotatable bonds is 6. The number of carbonyl (C=O) groups is 1. The van der Waals surface area contributed by atoms with Crippen LogP contribution in [0.1, 0.15) is 31.2 Å². The molecular formula is C12H16N2O4S. The number of aliphatic carboxylic acids is 1. The van der Waals surface area contributed by atoms with E-state index < -0.39 is 10.9 Å². The zero-order chi connectivity index (χ0) is 13.8. The molecule has 7 heteroatoms. The summed E-state index contributed by atoms with van der Waals surface area (Å²) in [6.07, 6.45) is 4.29. The summed E-state index contributed by atoms with van der Waals surface area (Å²) in [5.74, 6) is -0.850. The highest BCUT2D eigenvalue weighted by atomic mass is 32.1. The van der Waals surface area contributed by atoms with Crippen molar-refractivity contribution < 1.29 is 14.8 Å². The molecule has 1 fully saturated rings. The van der Waals surface area contributed by atoms with Crippen LogP contribution < -0.4 is 0 Å². The molecule has 104 valence electrons. The van der Waals surface area contributed by atoms with Crippen LogP contribution in [-0.2, 0) is 11.3 Å². The van der Waals surface area contributed by atoms with Crippen LogP contribution in [0.15, 0.2) is 11.4 Å². The fraction of sp³-hybridized carbons (Fsp3) is 0.583. The van der Waals surface area contributed by atoms with Crippen molar-refractivity contribution in [2.45, 2.75) is 38.3 Å². The largest absolute Gasteiger partial charge is 0.480 e. The van der Waals surface area contributed by atoms with Crippen molar-refractivity contribution in [1.29, 1.82) is 0 Å². The average molecular weight is 284 g/mol. The molecule has 1 aromatic rings. The third-order valence-electron chi connectivity index (χ3n) is 3.38. The van der Waals surface area contributed by atoms with Crippen LogP contribution in [-0.4, -0.2) is 33.5 Å². The Balaban J connectivity index is 2.05. The van der Waals surface area contributed by atoms with Gasteiger partial charge in [-0.1, -0.05) is 24.2 Å². The van der Waals surface area contributed by atoms with Crippen LogP contribution >= 0.6 is 11.3 Å². The zero-order valence-corrected chi connectivity index (χ0v) is 11.3. The van der Waals surface area contributed by atoms with Gasteiger partial charge in [-0.3, -0.25) is 19.8 Å². The third-order valence-corrected chi connectivity index (χ3v) is 4.31. The van der Waals surface area contributed by atoms with Gasteiger partial charge >= 0.3 is 11.0 Å². The van der Waals surface area contributed by atoms with Crippen molar-refractivity contribution in [3.05, 3.63) is 27.1 Å². The van der Waals surface area contributed by atoms with Gasteiger partial charge in [0, 0.05) is 24.0 Å². The van der Waals surface area contributed by atoms with E-state index in [0.717, 1.165) is 42.6 Å². The van der Waals surface area contributed by atoms with Crippen LogP contribution in [0, 0.1) is 10.1 Å². The van der Waals surface area contributed by atoms with Crippen LogP contribution in [0.4, 0.5) is 5.00 Å². The summed E-state index contributed by atoms with van der Waals surface area (Å²) >= 11 is 1.09. The fourth-order valence-corrected chi connectivity index (χ4v) is 3.25. The summed E-state index contributed by atoms with van der Waals surface area (Å²) in [4.78, 5) is 23.1. The van der Waals surface area contributed by atoms with Crippen LogP contribution in [0.25, 0.3) is 0 Å². The van der Waals surface area contributed by atoms with E-state index >= 15 is 0 Å². The van der Waals surface area contributed by atoms with Crippen LogP contribution in [0.3, 0.4) is 0 Å². The van der Waals surface area contributed by atoms with E-state index in [0.29, 0.717) is 6.54 Å². The summed E-state index contributed by atoms with van der Waals surface area (Å²) in [6, 6.07) is 1.82. The maximum Gasteiger partial charge on any atom is 0.324 e. The number of carboxylic acids is 1. The molecule has 19 heavy (non-hydrogen) atoms. The number of hydrogen-bond acceptors (Lipinski definition) is 5. The van der Waals surface area contributed by atoms with Crippen molar-refractivity contribution in [1.82, 2.24) is 4.90 Å². The molecule has 6 nitrogen and oxygen atoms in total. The van der Waals surface area contributed by atoms with Gasteiger partial charge in [-0.05, 0) is 18.4 Å². The normalized spacial score (nSPS) is 16.1. The highest BCUT2D eigenvalue weighted by Gasteiger charge is 2.25. The summed E-state index contributed by atoms with van der Waals surface area (Å²) < 4.78 is 0. The summed E-state index contributed by atoms with van der Waals surface area (Å²) in [5.41, 5.74) is 0.824. The molecule has 1 saturated carbocycles. The molecule has 0 unspecified atom stereocenters. The van der Waals surface area contributed by atoms with Crippen molar-refractivity contribution in [3.63, 3.8) is 0 Å². The van der Waals surface area contributed by atoms with Gasteiger partial charge in [-0.15, -0.1) is 0 Å². The van der Waals surface area contributed by atoms with E-state index in [1.165, 1.54) is 6.07 Å². The Labute approximate surface area is 114 Å². The standard InChI is InChI=1S/C12H16N2O4S/c15-12(16)7-13(10-3-1-2-4-10)6-9-5-11(14(17)18)19-8-9/h5,8,10H,1-4,6-7H2,(H,15,16). The quantitative estimate of drug-likeness (QED) is 0.641. The molecule has 1 aromatic heterocycles. The Morgan fingerprint density at radius 1 is 1.53 bits per heavy atom. The summed E-state index contributed by atoms with van der Waals surface area (Å²) in [7, 11) is 0. The molecule has 2 rings (SSSR count). The molecule has 0 aromatic carbocycles. The number of carboxylic acid groups (broad SMARTS) is 1. The average Bonchev–Trinajstić information content (AvgIpc) is 2.98. The van der Waals surface area contributed by atoms with Crippen molar-refractivity contribution in [2.75, 3.05) is 6.54 Å². The Bertz CT molecular complexity index is 468. The minimum atomic E-state index is -0.850. The molecule has 0 radical (unpaired) electrons. The summed E-state index contributed by atoms with van der Waals surface area (Å²) in [5, 5.41) is 21.5. The molecule has 1 N–H and O–H groups in total. The second kappa shape index (κ2) is 6.12. The number of hydrogen-bond donors (Lipinski definition) is 1. The van der Waals surface area contributed by atoms with Gasteiger partial charge in [0.1, 0.15) is 0 Å². The number of thiophene rings is 1. The van der Waals surface area contributed by atoms with E-state index in [4.69, 9.17) is 5.11 Å². The van der Waals surface area contributed by atoms with Gasteiger partial charge < -0.3 is 5.11 Å². The Kier molecular flexibility index (Phi) is 4.49. The lowest BCUT2D eigenvalue weighted by atomic mass is 10.2. The molecule has 0 amide bonds. The first-order valence-corrected chi connectivity index (χ1v) is 7.12. The molecule has 0 aliphatic heterocycles. The van der Waals surface area contributed by atoms with E-state index in [1.54, 1.807) is 5.38 Å². The second-order valence-corrected chi connectivity index (χ2v) is 5.68. The predicted octanol–water partition coefficient (Wildman–Crippen LogP) is 2.49. The molecular weight excluding hydrogens is 268 g/mol. The molecule has 1 heterocycles. The maximum atomic E-state index is 10.9. The van der Waals surface area contributed by atoms with Crippen molar-refractivity contribution in [2.24, 2.45) is 0 Å². The van der Waals surface area contributed by atoms with Crippen molar-refractivity contribution in [3.8, 4) is 0 Å². The maximum absolute atomic E-state index is 10.9. The monoisotopic (exact) mass is 284 g/mol. The molecule has 1 aliphatic carbocycles. The van der Waals surface area contributed by atoms with Gasteiger partial charge in [0.05, 0.1) is 11.5 Å². The first-order valence-electron chi connectivity index (χ1n) is 6.24. The summed E-state index contributed by atoms with van der Waals surface area (Å²) in [6.45, 7) is 0.468. The lowest BCUT2D eigenvalue weighted by Crippen LogP contribution is -2.36. The zero-order valence-electron chi connectivity index (χ0n) is 10.4. The second-order valence-electron chi connectivity index (χ2n) is 4.79. The molecule has 0 saturated heterocycles. The molecule has 0 atom stereocenters. The van der Waals surface area contributed by atoms with Crippen LogP contribution in [0.2, 0.25) is 0 Å². The predicted molar refractivity (Wildman–Crippen MR) is 71.3 cm³/mol. The van der Waals surface area contributed by atoms with Gasteiger partial charge in [-0.2, -0.15) is 0 Å².